The third-order valence-electron chi connectivity index (χ3n) is 6.62. The molecule has 5 nitrogen and oxygen atoms in total. The summed E-state index contributed by atoms with van der Waals surface area (Å²) in [5.74, 6) is 3.19. The number of methoxy groups -OCH3 is 3. The first-order chi connectivity index (χ1) is 15.7. The molecule has 5 heteroatoms. The van der Waals surface area contributed by atoms with Crippen LogP contribution in [-0.4, -0.2) is 32.8 Å². The zero-order chi connectivity index (χ0) is 22.1. The smallest absolute Gasteiger partial charge is 0.161 e. The number of nitrogens with zero attached hydrogens (tertiary/aromatic N) is 1. The maximum atomic E-state index is 6.16. The Morgan fingerprint density at radius 1 is 0.781 bits per heavy atom. The summed E-state index contributed by atoms with van der Waals surface area (Å²) in [5, 5.41) is 0. The van der Waals surface area contributed by atoms with Crippen molar-refractivity contribution in [1.82, 2.24) is 4.90 Å². The lowest BCUT2D eigenvalue weighted by Crippen LogP contribution is -2.39. The van der Waals surface area contributed by atoms with Gasteiger partial charge in [0.15, 0.2) is 23.0 Å². The fraction of sp³-hybridized carbons (Fsp3) is 0.333. The Hall–Kier alpha value is -3.18. The van der Waals surface area contributed by atoms with Crippen LogP contribution in [-0.2, 0) is 26.0 Å². The lowest BCUT2D eigenvalue weighted by Gasteiger charge is -2.42. The van der Waals surface area contributed by atoms with Gasteiger partial charge in [0, 0.05) is 19.1 Å². The van der Waals surface area contributed by atoms with Gasteiger partial charge in [-0.2, -0.15) is 0 Å². The van der Waals surface area contributed by atoms with Crippen LogP contribution in [0.1, 0.15) is 33.9 Å². The van der Waals surface area contributed by atoms with Crippen LogP contribution in [0.25, 0.3) is 0 Å². The summed E-state index contributed by atoms with van der Waals surface area (Å²) in [6, 6.07) is 19.2. The first-order valence-corrected chi connectivity index (χ1v) is 11.1. The minimum absolute atomic E-state index is 0.321. The van der Waals surface area contributed by atoms with Gasteiger partial charge in [0.25, 0.3) is 0 Å². The quantitative estimate of drug-likeness (QED) is 0.553. The van der Waals surface area contributed by atoms with Crippen molar-refractivity contribution in [3.05, 3.63) is 82.4 Å². The van der Waals surface area contributed by atoms with E-state index in [1.54, 1.807) is 21.3 Å². The van der Waals surface area contributed by atoms with E-state index in [2.05, 4.69) is 41.3 Å². The van der Waals surface area contributed by atoms with Crippen molar-refractivity contribution < 1.29 is 18.9 Å². The minimum Gasteiger partial charge on any atom is -0.493 e. The molecular weight excluding hydrogens is 402 g/mol. The summed E-state index contributed by atoms with van der Waals surface area (Å²) < 4.78 is 23.0. The molecule has 0 spiro atoms. The van der Waals surface area contributed by atoms with Crippen molar-refractivity contribution in [3.63, 3.8) is 0 Å². The fourth-order valence-corrected chi connectivity index (χ4v) is 4.92. The Kier molecular flexibility index (Phi) is 5.66. The summed E-state index contributed by atoms with van der Waals surface area (Å²) in [7, 11) is 5.10. The molecule has 2 heterocycles. The highest BCUT2D eigenvalue weighted by Gasteiger charge is 2.33. The van der Waals surface area contributed by atoms with Crippen LogP contribution in [0.5, 0.6) is 23.0 Å². The molecule has 3 aromatic carbocycles. The van der Waals surface area contributed by atoms with Crippen molar-refractivity contribution in [2.45, 2.75) is 32.0 Å². The molecule has 0 aliphatic carbocycles. The summed E-state index contributed by atoms with van der Waals surface area (Å²) in [6.07, 6.45) is 1.94. The Balaban J connectivity index is 1.44. The highest BCUT2D eigenvalue weighted by atomic mass is 16.5. The van der Waals surface area contributed by atoms with E-state index in [1.165, 1.54) is 22.3 Å². The third-order valence-corrected chi connectivity index (χ3v) is 6.62. The van der Waals surface area contributed by atoms with E-state index in [0.717, 1.165) is 54.5 Å². The number of fused-ring (bicyclic) bond motifs is 4. The van der Waals surface area contributed by atoms with Crippen LogP contribution in [0.4, 0.5) is 0 Å². The molecule has 0 N–H and O–H groups in total. The molecule has 2 aliphatic rings. The molecule has 0 radical (unpaired) electrons. The van der Waals surface area contributed by atoms with Crippen LogP contribution < -0.4 is 18.9 Å². The SMILES string of the molecule is COc1cc2c(cc1OC)CN1CCc3cc(OCc4ccccc4)c(OC)cc3C1C2. The molecule has 0 amide bonds. The topological polar surface area (TPSA) is 40.2 Å². The first kappa shape index (κ1) is 20.7. The van der Waals surface area contributed by atoms with E-state index in [0.29, 0.717) is 12.6 Å². The zero-order valence-electron chi connectivity index (χ0n) is 18.9. The van der Waals surface area contributed by atoms with Gasteiger partial charge in [0.2, 0.25) is 0 Å². The monoisotopic (exact) mass is 431 g/mol. The van der Waals surface area contributed by atoms with Crippen molar-refractivity contribution in [1.29, 1.82) is 0 Å². The predicted molar refractivity (Wildman–Crippen MR) is 124 cm³/mol. The largest absolute Gasteiger partial charge is 0.493 e. The van der Waals surface area contributed by atoms with Crippen molar-refractivity contribution >= 4 is 0 Å². The molecule has 0 fully saturated rings. The second-order valence-electron chi connectivity index (χ2n) is 8.39. The Labute approximate surface area is 189 Å². The predicted octanol–water partition coefficient (Wildman–Crippen LogP) is 4.95. The van der Waals surface area contributed by atoms with Gasteiger partial charge in [-0.05, 0) is 64.9 Å². The van der Waals surface area contributed by atoms with Gasteiger partial charge in [-0.3, -0.25) is 4.90 Å². The number of hydrogen-bond acceptors (Lipinski definition) is 5. The molecular formula is C27H29NO4. The van der Waals surface area contributed by atoms with E-state index < -0.39 is 0 Å². The molecule has 0 saturated heterocycles. The van der Waals surface area contributed by atoms with Crippen LogP contribution in [0.3, 0.4) is 0 Å². The first-order valence-electron chi connectivity index (χ1n) is 11.1. The molecule has 5 rings (SSSR count). The summed E-state index contributed by atoms with van der Waals surface area (Å²) in [6.45, 7) is 2.46. The van der Waals surface area contributed by atoms with Crippen LogP contribution >= 0.6 is 0 Å². The molecule has 2 aliphatic heterocycles. The van der Waals surface area contributed by atoms with Crippen molar-refractivity contribution in [2.24, 2.45) is 0 Å². The standard InChI is InChI=1S/C27H29NO4/c1-29-24-13-20-11-23-22-15-26(31-3)27(32-17-18-7-5-4-6-8-18)12-19(22)9-10-28(23)16-21(20)14-25(24)30-2/h4-8,12-15,23H,9-11,16-17H2,1-3H3. The highest BCUT2D eigenvalue weighted by molar-refractivity contribution is 5.53. The van der Waals surface area contributed by atoms with E-state index in [4.69, 9.17) is 18.9 Å². The Bertz CT molecular complexity index is 1110. The van der Waals surface area contributed by atoms with Crippen LogP contribution in [0.2, 0.25) is 0 Å². The van der Waals surface area contributed by atoms with Gasteiger partial charge in [-0.15, -0.1) is 0 Å². The lowest BCUT2D eigenvalue weighted by molar-refractivity contribution is 0.159. The molecule has 0 saturated carbocycles. The molecule has 0 bridgehead atoms. The van der Waals surface area contributed by atoms with Gasteiger partial charge < -0.3 is 18.9 Å². The van der Waals surface area contributed by atoms with Crippen molar-refractivity contribution in [2.75, 3.05) is 27.9 Å². The summed E-state index contributed by atoms with van der Waals surface area (Å²) in [4.78, 5) is 2.56. The number of benzene rings is 3. The normalized spacial score (nSPS) is 17.0. The van der Waals surface area contributed by atoms with Gasteiger partial charge in [0.05, 0.1) is 21.3 Å². The molecule has 32 heavy (non-hydrogen) atoms. The molecule has 3 aromatic rings. The molecule has 1 unspecified atom stereocenters. The number of hydrogen-bond donors (Lipinski definition) is 0. The van der Waals surface area contributed by atoms with E-state index in [1.807, 2.05) is 18.2 Å². The Morgan fingerprint density at radius 3 is 2.16 bits per heavy atom. The zero-order valence-corrected chi connectivity index (χ0v) is 18.9. The highest BCUT2D eigenvalue weighted by Crippen LogP contribution is 2.44. The van der Waals surface area contributed by atoms with Gasteiger partial charge >= 0.3 is 0 Å². The second-order valence-corrected chi connectivity index (χ2v) is 8.39. The van der Waals surface area contributed by atoms with Crippen molar-refractivity contribution in [3.8, 4) is 23.0 Å². The Morgan fingerprint density at radius 2 is 1.44 bits per heavy atom. The van der Waals surface area contributed by atoms with Gasteiger partial charge in [-0.1, -0.05) is 30.3 Å². The molecule has 1 atom stereocenters. The van der Waals surface area contributed by atoms with E-state index in [9.17, 15) is 0 Å². The van der Waals surface area contributed by atoms with Gasteiger partial charge in [0.1, 0.15) is 6.61 Å². The number of rotatable bonds is 6. The summed E-state index contributed by atoms with van der Waals surface area (Å²) >= 11 is 0. The van der Waals surface area contributed by atoms with Crippen LogP contribution in [0.15, 0.2) is 54.6 Å². The maximum absolute atomic E-state index is 6.16. The molecule has 0 aromatic heterocycles. The average molecular weight is 432 g/mol. The van der Waals surface area contributed by atoms with Crippen LogP contribution in [0, 0.1) is 0 Å². The fourth-order valence-electron chi connectivity index (χ4n) is 4.92. The number of ether oxygens (including phenoxy) is 4. The van der Waals surface area contributed by atoms with E-state index in [-0.39, 0.29) is 0 Å². The average Bonchev–Trinajstić information content (AvgIpc) is 2.85. The van der Waals surface area contributed by atoms with E-state index >= 15 is 0 Å². The van der Waals surface area contributed by atoms with Gasteiger partial charge in [-0.25, -0.2) is 0 Å². The maximum Gasteiger partial charge on any atom is 0.161 e. The molecule has 166 valence electrons. The minimum atomic E-state index is 0.321. The second kappa shape index (κ2) is 8.75. The lowest BCUT2D eigenvalue weighted by atomic mass is 9.83. The summed E-state index contributed by atoms with van der Waals surface area (Å²) in [5.41, 5.74) is 6.46. The third kappa shape index (κ3) is 3.78.